The molecule has 1 N–H and O–H groups in total. The van der Waals surface area contributed by atoms with E-state index in [2.05, 4.69) is 29.7 Å². The van der Waals surface area contributed by atoms with Gasteiger partial charge in [0.1, 0.15) is 11.6 Å². The van der Waals surface area contributed by atoms with Crippen molar-refractivity contribution in [2.24, 2.45) is 0 Å². The number of rotatable bonds is 2. The highest BCUT2D eigenvalue weighted by molar-refractivity contribution is 5.83. The number of para-hydroxylation sites is 1. The molecule has 3 aromatic rings. The first-order valence-corrected chi connectivity index (χ1v) is 7.42. The van der Waals surface area contributed by atoms with Crippen LogP contribution in [0.25, 0.3) is 22.4 Å². The number of nitrogens with zero attached hydrogens (tertiary/aromatic N) is 2. The summed E-state index contributed by atoms with van der Waals surface area (Å²) >= 11 is 0. The van der Waals surface area contributed by atoms with E-state index < -0.39 is 0 Å². The molecule has 0 spiro atoms. The van der Waals surface area contributed by atoms with Gasteiger partial charge in [-0.1, -0.05) is 18.2 Å². The average molecular weight is 278 g/mol. The second-order valence-electron chi connectivity index (χ2n) is 6.00. The van der Waals surface area contributed by atoms with Crippen LogP contribution in [0.15, 0.2) is 36.4 Å². The molecule has 1 fully saturated rings. The number of phenolic OH excluding ortho intramolecular Hbond substituents is 1. The highest BCUT2D eigenvalue weighted by atomic mass is 16.3. The molecule has 0 amide bonds. The number of phenols is 1. The molecule has 1 saturated carbocycles. The largest absolute Gasteiger partial charge is 0.507 e. The highest BCUT2D eigenvalue weighted by Gasteiger charge is 2.29. The van der Waals surface area contributed by atoms with Crippen molar-refractivity contribution in [3.8, 4) is 17.1 Å². The van der Waals surface area contributed by atoms with Crippen molar-refractivity contribution in [2.75, 3.05) is 0 Å². The first kappa shape index (κ1) is 12.5. The minimum Gasteiger partial charge on any atom is -0.507 e. The molecule has 3 nitrogen and oxygen atoms in total. The summed E-state index contributed by atoms with van der Waals surface area (Å²) in [5.74, 6) is 1.23. The third-order valence-electron chi connectivity index (χ3n) is 4.24. The molecule has 106 valence electrons. The Balaban J connectivity index is 2.03. The predicted molar refractivity (Wildman–Crippen MR) is 84.6 cm³/mol. The van der Waals surface area contributed by atoms with Gasteiger partial charge in [-0.3, -0.25) is 0 Å². The van der Waals surface area contributed by atoms with E-state index in [-0.39, 0.29) is 0 Å². The van der Waals surface area contributed by atoms with Crippen LogP contribution >= 0.6 is 0 Å². The molecular formula is C18H18N2O. The standard InChI is InChI=1S/C18H18N2O/c1-11-6-9-16-15(10-11)19-18(20(16)13-7-8-13)14-5-3-4-12(2)17(14)21/h3-6,9-10,13,21H,7-8H2,1-2H3. The fourth-order valence-corrected chi connectivity index (χ4v) is 2.94. The molecule has 0 aliphatic heterocycles. The van der Waals surface area contributed by atoms with Gasteiger partial charge in [-0.25, -0.2) is 4.98 Å². The van der Waals surface area contributed by atoms with E-state index in [4.69, 9.17) is 4.98 Å². The number of aromatic nitrogens is 2. The van der Waals surface area contributed by atoms with E-state index in [1.165, 1.54) is 23.9 Å². The fraction of sp³-hybridized carbons (Fsp3) is 0.278. The Morgan fingerprint density at radius 1 is 1.14 bits per heavy atom. The van der Waals surface area contributed by atoms with Crippen LogP contribution in [-0.4, -0.2) is 14.7 Å². The van der Waals surface area contributed by atoms with Crippen LogP contribution in [0.5, 0.6) is 5.75 Å². The Bertz CT molecular complexity index is 844. The van der Waals surface area contributed by atoms with E-state index in [0.717, 1.165) is 22.5 Å². The number of benzene rings is 2. The number of fused-ring (bicyclic) bond motifs is 1. The highest BCUT2D eigenvalue weighted by Crippen LogP contribution is 2.43. The molecule has 0 atom stereocenters. The molecule has 0 bridgehead atoms. The number of hydrogen-bond acceptors (Lipinski definition) is 2. The molecule has 1 heterocycles. The normalized spacial score (nSPS) is 14.8. The number of aromatic hydroxyl groups is 1. The minimum atomic E-state index is 0.339. The van der Waals surface area contributed by atoms with E-state index >= 15 is 0 Å². The Hall–Kier alpha value is -2.29. The maximum atomic E-state index is 10.4. The van der Waals surface area contributed by atoms with Gasteiger partial charge in [0.05, 0.1) is 16.6 Å². The second kappa shape index (κ2) is 4.35. The lowest BCUT2D eigenvalue weighted by atomic mass is 10.1. The summed E-state index contributed by atoms with van der Waals surface area (Å²) in [7, 11) is 0. The summed E-state index contributed by atoms with van der Waals surface area (Å²) in [4.78, 5) is 4.81. The van der Waals surface area contributed by atoms with Crippen molar-refractivity contribution in [1.82, 2.24) is 9.55 Å². The predicted octanol–water partition coefficient (Wildman–Crippen LogP) is 4.36. The lowest BCUT2D eigenvalue weighted by molar-refractivity contribution is 0.472. The molecule has 0 saturated heterocycles. The van der Waals surface area contributed by atoms with Gasteiger partial charge in [0.15, 0.2) is 0 Å². The van der Waals surface area contributed by atoms with Crippen LogP contribution in [-0.2, 0) is 0 Å². The zero-order chi connectivity index (χ0) is 14.6. The molecule has 0 radical (unpaired) electrons. The van der Waals surface area contributed by atoms with Crippen molar-refractivity contribution in [3.63, 3.8) is 0 Å². The minimum absolute atomic E-state index is 0.339. The summed E-state index contributed by atoms with van der Waals surface area (Å²) in [5, 5.41) is 10.4. The third-order valence-corrected chi connectivity index (χ3v) is 4.24. The van der Waals surface area contributed by atoms with Crippen LogP contribution in [0.1, 0.15) is 30.0 Å². The second-order valence-corrected chi connectivity index (χ2v) is 6.00. The zero-order valence-electron chi connectivity index (χ0n) is 12.3. The molecule has 1 aliphatic carbocycles. The quantitative estimate of drug-likeness (QED) is 0.756. The Kier molecular flexibility index (Phi) is 2.58. The van der Waals surface area contributed by atoms with Crippen molar-refractivity contribution in [1.29, 1.82) is 0 Å². The van der Waals surface area contributed by atoms with Crippen molar-refractivity contribution in [3.05, 3.63) is 47.5 Å². The molecule has 2 aromatic carbocycles. The fourth-order valence-electron chi connectivity index (χ4n) is 2.94. The summed E-state index contributed by atoms with van der Waals surface area (Å²) in [6.07, 6.45) is 2.39. The van der Waals surface area contributed by atoms with Gasteiger partial charge < -0.3 is 9.67 Å². The summed E-state index contributed by atoms with van der Waals surface area (Å²) < 4.78 is 2.29. The van der Waals surface area contributed by atoms with Gasteiger partial charge in [-0.15, -0.1) is 0 Å². The Labute approximate surface area is 123 Å². The average Bonchev–Trinajstić information content (AvgIpc) is 3.23. The summed E-state index contributed by atoms with van der Waals surface area (Å²) in [5.41, 5.74) is 5.11. The molecular weight excluding hydrogens is 260 g/mol. The van der Waals surface area contributed by atoms with E-state index in [0.29, 0.717) is 11.8 Å². The van der Waals surface area contributed by atoms with Crippen LogP contribution in [0.4, 0.5) is 0 Å². The molecule has 0 unspecified atom stereocenters. The van der Waals surface area contributed by atoms with Gasteiger partial charge in [0.2, 0.25) is 0 Å². The van der Waals surface area contributed by atoms with Crippen LogP contribution in [0, 0.1) is 13.8 Å². The topological polar surface area (TPSA) is 38.1 Å². The lowest BCUT2D eigenvalue weighted by Gasteiger charge is -2.10. The van der Waals surface area contributed by atoms with Gasteiger partial charge in [-0.2, -0.15) is 0 Å². The molecule has 4 rings (SSSR count). The zero-order valence-corrected chi connectivity index (χ0v) is 12.3. The third kappa shape index (κ3) is 1.92. The number of hydrogen-bond donors (Lipinski definition) is 1. The van der Waals surface area contributed by atoms with Crippen LogP contribution in [0.3, 0.4) is 0 Å². The van der Waals surface area contributed by atoms with E-state index in [1.807, 2.05) is 25.1 Å². The number of imidazole rings is 1. The molecule has 3 heteroatoms. The van der Waals surface area contributed by atoms with E-state index in [9.17, 15) is 5.11 Å². The van der Waals surface area contributed by atoms with Gasteiger partial charge in [-0.05, 0) is 56.0 Å². The van der Waals surface area contributed by atoms with Crippen molar-refractivity contribution < 1.29 is 5.11 Å². The first-order chi connectivity index (χ1) is 10.1. The van der Waals surface area contributed by atoms with E-state index in [1.54, 1.807) is 0 Å². The maximum Gasteiger partial charge on any atom is 0.145 e. The SMILES string of the molecule is Cc1ccc2c(c1)nc(-c1cccc(C)c1O)n2C1CC1. The molecule has 1 aromatic heterocycles. The molecule has 1 aliphatic rings. The first-order valence-electron chi connectivity index (χ1n) is 7.42. The number of aryl methyl sites for hydroxylation is 2. The summed E-state index contributed by atoms with van der Waals surface area (Å²) in [6.45, 7) is 4.01. The smallest absolute Gasteiger partial charge is 0.145 e. The maximum absolute atomic E-state index is 10.4. The van der Waals surface area contributed by atoms with Gasteiger partial charge in [0, 0.05) is 6.04 Å². The molecule has 21 heavy (non-hydrogen) atoms. The van der Waals surface area contributed by atoms with Crippen molar-refractivity contribution >= 4 is 11.0 Å². The van der Waals surface area contributed by atoms with Crippen LogP contribution in [0.2, 0.25) is 0 Å². The Morgan fingerprint density at radius 3 is 2.71 bits per heavy atom. The van der Waals surface area contributed by atoms with Crippen LogP contribution < -0.4 is 0 Å². The Morgan fingerprint density at radius 2 is 1.95 bits per heavy atom. The summed E-state index contributed by atoms with van der Waals surface area (Å²) in [6, 6.07) is 12.8. The lowest BCUT2D eigenvalue weighted by Crippen LogP contribution is -1.98. The van der Waals surface area contributed by atoms with Crippen molar-refractivity contribution in [2.45, 2.75) is 32.7 Å². The monoisotopic (exact) mass is 278 g/mol. The van der Waals surface area contributed by atoms with Gasteiger partial charge >= 0.3 is 0 Å². The van der Waals surface area contributed by atoms with Gasteiger partial charge in [0.25, 0.3) is 0 Å².